The average molecular weight is 372 g/mol. The summed E-state index contributed by atoms with van der Waals surface area (Å²) in [5, 5.41) is 6.78. The van der Waals surface area contributed by atoms with Crippen LogP contribution in [0.4, 0.5) is 5.69 Å². The van der Waals surface area contributed by atoms with E-state index in [1.54, 1.807) is 19.1 Å². The maximum Gasteiger partial charge on any atom is 0.338 e. The maximum atomic E-state index is 11.9. The van der Waals surface area contributed by atoms with Crippen molar-refractivity contribution in [3.8, 4) is 5.75 Å². The molecule has 2 aromatic rings. The fourth-order valence-electron chi connectivity index (χ4n) is 2.26. The van der Waals surface area contributed by atoms with Crippen LogP contribution < -0.4 is 15.4 Å². The number of hydrogen-bond donors (Lipinski definition) is 2. The molecule has 6 heteroatoms. The molecule has 2 aromatic carbocycles. The van der Waals surface area contributed by atoms with E-state index in [1.165, 1.54) is 0 Å². The van der Waals surface area contributed by atoms with Gasteiger partial charge in [-0.15, -0.1) is 0 Å². The summed E-state index contributed by atoms with van der Waals surface area (Å²) < 4.78 is 10.7. The number of para-hydroxylation sites is 1. The van der Waals surface area contributed by atoms with Gasteiger partial charge in [0.25, 0.3) is 0 Å². The third-order valence-electron chi connectivity index (χ3n) is 3.62. The lowest BCUT2D eigenvalue weighted by molar-refractivity contribution is 0.0526. The molecule has 0 heterocycles. The first-order valence-electron chi connectivity index (χ1n) is 8.52. The van der Waals surface area contributed by atoms with Crippen molar-refractivity contribution in [1.82, 2.24) is 5.32 Å². The van der Waals surface area contributed by atoms with E-state index in [2.05, 4.69) is 10.6 Å². The monoisotopic (exact) mass is 372 g/mol. The van der Waals surface area contributed by atoms with Gasteiger partial charge in [0.2, 0.25) is 0 Å². The van der Waals surface area contributed by atoms with Crippen LogP contribution in [-0.4, -0.2) is 30.3 Å². The minimum absolute atomic E-state index is 0.0174. The molecule has 0 spiro atoms. The normalized spacial score (nSPS) is 11.3. The molecule has 0 saturated heterocycles. The molecule has 0 aromatic heterocycles. The van der Waals surface area contributed by atoms with E-state index in [0.29, 0.717) is 23.9 Å². The summed E-state index contributed by atoms with van der Waals surface area (Å²) in [6.45, 7) is 6.53. The van der Waals surface area contributed by atoms with Gasteiger partial charge in [0.15, 0.2) is 5.11 Å². The van der Waals surface area contributed by atoms with E-state index in [4.69, 9.17) is 21.7 Å². The van der Waals surface area contributed by atoms with Crippen LogP contribution in [0.1, 0.15) is 29.8 Å². The second kappa shape index (κ2) is 9.77. The third-order valence-corrected chi connectivity index (χ3v) is 3.84. The second-order valence-electron chi connectivity index (χ2n) is 5.87. The minimum atomic E-state index is -0.348. The van der Waals surface area contributed by atoms with Crippen LogP contribution in [0.5, 0.6) is 5.75 Å². The quantitative estimate of drug-likeness (QED) is 0.567. The fourth-order valence-corrected chi connectivity index (χ4v) is 2.57. The molecule has 0 aliphatic carbocycles. The van der Waals surface area contributed by atoms with Crippen molar-refractivity contribution < 1.29 is 14.3 Å². The number of anilines is 1. The highest BCUT2D eigenvalue weighted by Crippen LogP contribution is 2.18. The molecule has 2 rings (SSSR count). The Hall–Kier alpha value is -2.60. The summed E-state index contributed by atoms with van der Waals surface area (Å²) in [6.07, 6.45) is 0. The van der Waals surface area contributed by atoms with Gasteiger partial charge >= 0.3 is 5.97 Å². The van der Waals surface area contributed by atoms with E-state index >= 15 is 0 Å². The van der Waals surface area contributed by atoms with Gasteiger partial charge < -0.3 is 20.1 Å². The fraction of sp³-hybridized carbons (Fsp3) is 0.300. The highest BCUT2D eigenvalue weighted by Gasteiger charge is 2.11. The predicted octanol–water partition coefficient (Wildman–Crippen LogP) is 3.93. The molecule has 1 atom stereocenters. The van der Waals surface area contributed by atoms with Crippen molar-refractivity contribution >= 4 is 29.0 Å². The first-order valence-corrected chi connectivity index (χ1v) is 8.93. The van der Waals surface area contributed by atoms with Crippen LogP contribution in [0.15, 0.2) is 48.5 Å². The van der Waals surface area contributed by atoms with Crippen LogP contribution in [0, 0.1) is 6.92 Å². The first-order chi connectivity index (χ1) is 12.5. The molecule has 138 valence electrons. The Labute approximate surface area is 159 Å². The minimum Gasteiger partial charge on any atom is -0.491 e. The lowest BCUT2D eigenvalue weighted by Gasteiger charge is -2.18. The molecule has 5 nitrogen and oxygen atoms in total. The van der Waals surface area contributed by atoms with Gasteiger partial charge in [-0.2, -0.15) is 0 Å². The summed E-state index contributed by atoms with van der Waals surface area (Å²) >= 11 is 5.37. The zero-order chi connectivity index (χ0) is 18.9. The van der Waals surface area contributed by atoms with Crippen molar-refractivity contribution in [3.05, 3.63) is 59.7 Å². The number of carbonyl (C=O) groups excluding carboxylic acids is 1. The molecule has 0 unspecified atom stereocenters. The Morgan fingerprint density at radius 3 is 2.62 bits per heavy atom. The summed E-state index contributed by atoms with van der Waals surface area (Å²) in [5.74, 6) is 0.470. The van der Waals surface area contributed by atoms with Gasteiger partial charge in [0, 0.05) is 5.69 Å². The molecule has 26 heavy (non-hydrogen) atoms. The number of benzene rings is 2. The van der Waals surface area contributed by atoms with Crippen molar-refractivity contribution in [3.63, 3.8) is 0 Å². The Kier molecular flexibility index (Phi) is 7.41. The van der Waals surface area contributed by atoms with Gasteiger partial charge in [0.1, 0.15) is 12.4 Å². The highest BCUT2D eigenvalue weighted by atomic mass is 32.1. The molecule has 0 radical (unpaired) electrons. The summed E-state index contributed by atoms with van der Waals surface area (Å²) in [4.78, 5) is 11.9. The molecule has 0 aliphatic heterocycles. The number of thiocarbonyl (C=S) groups is 1. The number of rotatable bonds is 7. The van der Waals surface area contributed by atoms with Crippen LogP contribution in [0.3, 0.4) is 0 Å². The molecule has 0 bridgehead atoms. The molecule has 0 aliphatic rings. The number of ether oxygens (including phenoxy) is 2. The second-order valence-corrected chi connectivity index (χ2v) is 6.28. The number of carbonyl (C=O) groups is 1. The van der Waals surface area contributed by atoms with E-state index in [1.807, 2.05) is 50.2 Å². The summed E-state index contributed by atoms with van der Waals surface area (Å²) in [7, 11) is 0. The molecule has 0 saturated carbocycles. The largest absolute Gasteiger partial charge is 0.491 e. The Morgan fingerprint density at radius 1 is 1.19 bits per heavy atom. The molecule has 2 N–H and O–H groups in total. The SMILES string of the molecule is CCOC(=O)c1ccc(C)c(NC(=S)N[C@@H](C)COc2ccccc2)c1. The summed E-state index contributed by atoms with van der Waals surface area (Å²) in [6, 6.07) is 15.0. The number of hydrogen-bond acceptors (Lipinski definition) is 4. The van der Waals surface area contributed by atoms with Crippen LogP contribution in [0.2, 0.25) is 0 Å². The van der Waals surface area contributed by atoms with E-state index in [9.17, 15) is 4.79 Å². The number of nitrogens with one attached hydrogen (secondary N) is 2. The molecular weight excluding hydrogens is 348 g/mol. The third kappa shape index (κ3) is 6.04. The zero-order valence-electron chi connectivity index (χ0n) is 15.2. The Bertz CT molecular complexity index is 750. The van der Waals surface area contributed by atoms with Crippen molar-refractivity contribution in [2.45, 2.75) is 26.8 Å². The average Bonchev–Trinajstić information content (AvgIpc) is 2.63. The standard InChI is InChI=1S/C20H24N2O3S/c1-4-24-19(23)16-11-10-14(2)18(12-16)22-20(26)21-15(3)13-25-17-8-6-5-7-9-17/h5-12,15H,4,13H2,1-3H3,(H2,21,22,26)/t15-/m0/s1. The van der Waals surface area contributed by atoms with Gasteiger partial charge in [-0.3, -0.25) is 0 Å². The van der Waals surface area contributed by atoms with E-state index in [-0.39, 0.29) is 12.0 Å². The Morgan fingerprint density at radius 2 is 1.92 bits per heavy atom. The molecule has 0 amide bonds. The lowest BCUT2D eigenvalue weighted by Crippen LogP contribution is -2.39. The van der Waals surface area contributed by atoms with Crippen molar-refractivity contribution in [2.75, 3.05) is 18.5 Å². The topological polar surface area (TPSA) is 59.6 Å². The van der Waals surface area contributed by atoms with Crippen LogP contribution >= 0.6 is 12.2 Å². The van der Waals surface area contributed by atoms with Crippen LogP contribution in [0.25, 0.3) is 0 Å². The maximum absolute atomic E-state index is 11.9. The first kappa shape index (κ1) is 19.7. The van der Waals surface area contributed by atoms with Gasteiger partial charge in [-0.1, -0.05) is 24.3 Å². The van der Waals surface area contributed by atoms with Gasteiger partial charge in [-0.25, -0.2) is 4.79 Å². The van der Waals surface area contributed by atoms with Crippen molar-refractivity contribution in [2.24, 2.45) is 0 Å². The highest BCUT2D eigenvalue weighted by molar-refractivity contribution is 7.80. The van der Waals surface area contributed by atoms with Crippen LogP contribution in [-0.2, 0) is 4.74 Å². The predicted molar refractivity (Wildman–Crippen MR) is 108 cm³/mol. The zero-order valence-corrected chi connectivity index (χ0v) is 16.1. The summed E-state index contributed by atoms with van der Waals surface area (Å²) in [5.41, 5.74) is 2.24. The molecule has 0 fully saturated rings. The van der Waals surface area contributed by atoms with Gasteiger partial charge in [0.05, 0.1) is 18.2 Å². The Balaban J connectivity index is 1.90. The van der Waals surface area contributed by atoms with Crippen molar-refractivity contribution in [1.29, 1.82) is 0 Å². The van der Waals surface area contributed by atoms with E-state index in [0.717, 1.165) is 17.0 Å². The lowest BCUT2D eigenvalue weighted by atomic mass is 10.1. The number of aryl methyl sites for hydroxylation is 1. The number of esters is 1. The molecular formula is C20H24N2O3S. The van der Waals surface area contributed by atoms with Gasteiger partial charge in [-0.05, 0) is 62.8 Å². The smallest absolute Gasteiger partial charge is 0.338 e. The van der Waals surface area contributed by atoms with E-state index < -0.39 is 0 Å².